The van der Waals surface area contributed by atoms with Gasteiger partial charge in [-0.15, -0.1) is 0 Å². The number of amides is 2. The molecule has 2 aromatic rings. The van der Waals surface area contributed by atoms with E-state index < -0.39 is 5.60 Å². The molecule has 1 N–H and O–H groups in total. The average molecular weight is 389 g/mol. The SMILES string of the molecule is CC1(C)CC(=O)c2cc(NC(=O)N3CCc4c(CC#N)cccc4C3)ccc2O1. The first kappa shape index (κ1) is 19.0. The number of Topliss-reactive ketones (excluding diaryl/α,β-unsaturated/α-hetero) is 1. The molecule has 0 aliphatic carbocycles. The number of fused-ring (bicyclic) bond motifs is 2. The molecule has 0 radical (unpaired) electrons. The van der Waals surface area contributed by atoms with Crippen molar-refractivity contribution >= 4 is 17.5 Å². The number of nitriles is 1. The highest BCUT2D eigenvalue weighted by molar-refractivity contribution is 6.02. The number of nitrogens with one attached hydrogen (secondary N) is 1. The number of benzene rings is 2. The fourth-order valence-corrected chi connectivity index (χ4v) is 4.05. The maximum absolute atomic E-state index is 12.8. The summed E-state index contributed by atoms with van der Waals surface area (Å²) in [5.74, 6) is 0.574. The van der Waals surface area contributed by atoms with Crippen molar-refractivity contribution in [3.05, 3.63) is 58.7 Å². The molecule has 2 aliphatic heterocycles. The standard InChI is InChI=1S/C23H23N3O3/c1-23(2)13-20(27)19-12-17(6-7-21(19)29-23)25-22(28)26-11-9-18-15(8-10-24)4-3-5-16(18)14-26/h3-7,12H,8-9,11,13-14H2,1-2H3,(H,25,28). The highest BCUT2D eigenvalue weighted by Gasteiger charge is 2.32. The maximum Gasteiger partial charge on any atom is 0.322 e. The van der Waals surface area contributed by atoms with Gasteiger partial charge in [0.2, 0.25) is 0 Å². The Labute approximate surface area is 170 Å². The van der Waals surface area contributed by atoms with E-state index in [9.17, 15) is 9.59 Å². The minimum atomic E-state index is -0.513. The molecule has 6 nitrogen and oxygen atoms in total. The monoisotopic (exact) mass is 389 g/mol. The minimum absolute atomic E-state index is 0.0178. The van der Waals surface area contributed by atoms with Crippen LogP contribution in [0.15, 0.2) is 36.4 Å². The van der Waals surface area contributed by atoms with Crippen LogP contribution in [0.4, 0.5) is 10.5 Å². The van der Waals surface area contributed by atoms with Gasteiger partial charge in [-0.05, 0) is 55.2 Å². The first-order valence-corrected chi connectivity index (χ1v) is 9.75. The second-order valence-electron chi connectivity index (χ2n) is 8.16. The molecular formula is C23H23N3O3. The van der Waals surface area contributed by atoms with E-state index in [1.54, 1.807) is 23.1 Å². The summed E-state index contributed by atoms with van der Waals surface area (Å²) >= 11 is 0. The molecule has 2 heterocycles. The Kier molecular flexibility index (Phi) is 4.75. The highest BCUT2D eigenvalue weighted by atomic mass is 16.5. The van der Waals surface area contributed by atoms with Crippen LogP contribution in [0.5, 0.6) is 5.75 Å². The van der Waals surface area contributed by atoms with Gasteiger partial charge in [0.05, 0.1) is 24.5 Å². The number of anilines is 1. The molecule has 0 saturated heterocycles. The number of carbonyl (C=O) groups is 2. The van der Waals surface area contributed by atoms with Crippen molar-refractivity contribution in [1.82, 2.24) is 4.90 Å². The summed E-state index contributed by atoms with van der Waals surface area (Å²) in [6.45, 7) is 4.86. The van der Waals surface area contributed by atoms with E-state index in [0.717, 1.165) is 17.5 Å². The molecule has 0 fully saturated rings. The van der Waals surface area contributed by atoms with Gasteiger partial charge in [-0.3, -0.25) is 4.79 Å². The molecule has 0 saturated carbocycles. The van der Waals surface area contributed by atoms with Gasteiger partial charge in [-0.2, -0.15) is 5.26 Å². The zero-order valence-corrected chi connectivity index (χ0v) is 16.6. The van der Waals surface area contributed by atoms with Crippen molar-refractivity contribution in [2.24, 2.45) is 0 Å². The van der Waals surface area contributed by atoms with Crippen LogP contribution in [-0.4, -0.2) is 28.9 Å². The summed E-state index contributed by atoms with van der Waals surface area (Å²) in [6.07, 6.45) is 1.43. The Morgan fingerprint density at radius 3 is 2.93 bits per heavy atom. The molecule has 2 amide bonds. The summed E-state index contributed by atoms with van der Waals surface area (Å²) in [4.78, 5) is 27.0. The van der Waals surface area contributed by atoms with Crippen molar-refractivity contribution in [2.75, 3.05) is 11.9 Å². The van der Waals surface area contributed by atoms with Gasteiger partial charge >= 0.3 is 6.03 Å². The smallest absolute Gasteiger partial charge is 0.322 e. The van der Waals surface area contributed by atoms with Crippen LogP contribution in [0.1, 0.15) is 47.3 Å². The lowest BCUT2D eigenvalue weighted by atomic mass is 9.93. The zero-order chi connectivity index (χ0) is 20.6. The van der Waals surface area contributed by atoms with E-state index >= 15 is 0 Å². The summed E-state index contributed by atoms with van der Waals surface area (Å²) in [7, 11) is 0. The number of rotatable bonds is 2. The molecule has 2 aromatic carbocycles. The average Bonchev–Trinajstić information content (AvgIpc) is 2.68. The number of urea groups is 1. The molecule has 0 bridgehead atoms. The van der Waals surface area contributed by atoms with Crippen molar-refractivity contribution in [1.29, 1.82) is 5.26 Å². The third kappa shape index (κ3) is 3.81. The predicted molar refractivity (Wildman–Crippen MR) is 109 cm³/mol. The number of hydrogen-bond donors (Lipinski definition) is 1. The van der Waals surface area contributed by atoms with Gasteiger partial charge in [0.15, 0.2) is 5.78 Å². The number of ether oxygens (including phenoxy) is 1. The Hall–Kier alpha value is -3.33. The van der Waals surface area contributed by atoms with E-state index in [1.807, 2.05) is 32.0 Å². The Bertz CT molecular complexity index is 1040. The third-order valence-electron chi connectivity index (χ3n) is 5.42. The molecule has 0 spiro atoms. The number of nitrogens with zero attached hydrogens (tertiary/aromatic N) is 2. The van der Waals surface area contributed by atoms with E-state index in [1.165, 1.54) is 5.56 Å². The third-order valence-corrected chi connectivity index (χ3v) is 5.42. The van der Waals surface area contributed by atoms with Crippen LogP contribution in [0, 0.1) is 11.3 Å². The lowest BCUT2D eigenvalue weighted by Gasteiger charge is -2.32. The van der Waals surface area contributed by atoms with Crippen molar-refractivity contribution in [2.45, 2.75) is 45.3 Å². The van der Waals surface area contributed by atoms with Crippen LogP contribution in [-0.2, 0) is 19.4 Å². The second-order valence-corrected chi connectivity index (χ2v) is 8.16. The van der Waals surface area contributed by atoms with Crippen LogP contribution in [0.3, 0.4) is 0 Å². The van der Waals surface area contributed by atoms with Gasteiger partial charge in [0.25, 0.3) is 0 Å². The zero-order valence-electron chi connectivity index (χ0n) is 16.6. The number of carbonyl (C=O) groups excluding carboxylic acids is 2. The van der Waals surface area contributed by atoms with E-state index in [0.29, 0.717) is 42.9 Å². The minimum Gasteiger partial charge on any atom is -0.487 e. The Balaban J connectivity index is 1.48. The van der Waals surface area contributed by atoms with E-state index in [4.69, 9.17) is 10.00 Å². The summed E-state index contributed by atoms with van der Waals surface area (Å²) < 4.78 is 5.87. The van der Waals surface area contributed by atoms with Crippen LogP contribution in [0.25, 0.3) is 0 Å². The molecule has 0 unspecified atom stereocenters. The van der Waals surface area contributed by atoms with Crippen molar-refractivity contribution in [3.63, 3.8) is 0 Å². The second kappa shape index (κ2) is 7.25. The van der Waals surface area contributed by atoms with Gasteiger partial charge in [-0.25, -0.2) is 4.79 Å². The normalized spacial score (nSPS) is 16.9. The van der Waals surface area contributed by atoms with Crippen molar-refractivity contribution < 1.29 is 14.3 Å². The van der Waals surface area contributed by atoms with E-state index in [-0.39, 0.29) is 11.8 Å². The van der Waals surface area contributed by atoms with Crippen LogP contribution >= 0.6 is 0 Å². The number of ketones is 1. The van der Waals surface area contributed by atoms with Crippen LogP contribution in [0.2, 0.25) is 0 Å². The lowest BCUT2D eigenvalue weighted by Crippen LogP contribution is -2.39. The molecule has 0 atom stereocenters. The molecule has 4 rings (SSSR count). The Morgan fingerprint density at radius 2 is 2.14 bits per heavy atom. The fraction of sp³-hybridized carbons (Fsp3) is 0.348. The topological polar surface area (TPSA) is 82.4 Å². The molecule has 29 heavy (non-hydrogen) atoms. The van der Waals surface area contributed by atoms with Crippen molar-refractivity contribution in [3.8, 4) is 11.8 Å². The van der Waals surface area contributed by atoms with Crippen LogP contribution < -0.4 is 10.1 Å². The van der Waals surface area contributed by atoms with Gasteiger partial charge in [0, 0.05) is 18.8 Å². The first-order valence-electron chi connectivity index (χ1n) is 9.75. The summed E-state index contributed by atoms with van der Waals surface area (Å²) in [6, 6.07) is 13.1. The highest BCUT2D eigenvalue weighted by Crippen LogP contribution is 2.34. The quantitative estimate of drug-likeness (QED) is 0.839. The summed E-state index contributed by atoms with van der Waals surface area (Å²) in [5, 5.41) is 11.9. The van der Waals surface area contributed by atoms with Gasteiger partial charge < -0.3 is 15.0 Å². The van der Waals surface area contributed by atoms with Gasteiger partial charge in [0.1, 0.15) is 11.4 Å². The molecular weight excluding hydrogens is 366 g/mol. The largest absolute Gasteiger partial charge is 0.487 e. The Morgan fingerprint density at radius 1 is 1.31 bits per heavy atom. The summed E-state index contributed by atoms with van der Waals surface area (Å²) in [5.41, 5.74) is 3.87. The maximum atomic E-state index is 12.8. The predicted octanol–water partition coefficient (Wildman–Crippen LogP) is 4.09. The molecule has 2 aliphatic rings. The molecule has 0 aromatic heterocycles. The lowest BCUT2D eigenvalue weighted by molar-refractivity contribution is 0.0620. The number of hydrogen-bond acceptors (Lipinski definition) is 4. The van der Waals surface area contributed by atoms with Gasteiger partial charge in [-0.1, -0.05) is 18.2 Å². The van der Waals surface area contributed by atoms with E-state index in [2.05, 4.69) is 11.4 Å². The first-order chi connectivity index (χ1) is 13.9. The molecule has 148 valence electrons. The molecule has 6 heteroatoms. The fourth-order valence-electron chi connectivity index (χ4n) is 4.05.